The fraction of sp³-hybridized carbons (Fsp3) is 0.483. The molecule has 5 rings (SSSR count). The van der Waals surface area contributed by atoms with Crippen molar-refractivity contribution in [1.29, 1.82) is 0 Å². The van der Waals surface area contributed by atoms with Crippen LogP contribution in [-0.2, 0) is 7.05 Å². The van der Waals surface area contributed by atoms with Gasteiger partial charge in [0, 0.05) is 13.0 Å². The fourth-order valence-electron chi connectivity index (χ4n) is 6.06. The lowest BCUT2D eigenvalue weighted by atomic mass is 9.88. The van der Waals surface area contributed by atoms with Gasteiger partial charge in [0.2, 0.25) is 5.69 Å². The van der Waals surface area contributed by atoms with E-state index >= 15 is 0 Å². The summed E-state index contributed by atoms with van der Waals surface area (Å²) in [5, 5.41) is 2.81. The normalized spacial score (nSPS) is 18.0. The second kappa shape index (κ2) is 7.84. The molecule has 30 heavy (non-hydrogen) atoms. The van der Waals surface area contributed by atoms with E-state index < -0.39 is 0 Å². The van der Waals surface area contributed by atoms with Gasteiger partial charge >= 0.3 is 0 Å². The van der Waals surface area contributed by atoms with Crippen LogP contribution in [0.25, 0.3) is 22.0 Å². The molecular weight excluding hydrogens is 362 g/mol. The van der Waals surface area contributed by atoms with E-state index in [2.05, 4.69) is 68.8 Å². The smallest absolute Gasteiger partial charge is 0.198 e. The van der Waals surface area contributed by atoms with Crippen LogP contribution < -0.4 is 4.57 Å². The standard InChI is InChI=1S/C29H36N/c1-19-15-25(23-11-7-8-12-23)18-28(21(19)3)29-27-14-13-24(22-9-5-6-10-22)17-26(27)16-20(2)30(29)4/h13-18,22-23H,5-12H2,1-4H3/q+1. The van der Waals surface area contributed by atoms with Crippen molar-refractivity contribution >= 4 is 10.8 Å². The Bertz CT molecular complexity index is 1100. The SMILES string of the molecule is Cc1cc(C2CCCC2)cc(-c2c3ccc(C4CCCC4)cc3cc(C)[n+]2C)c1C. The molecule has 156 valence electrons. The van der Waals surface area contributed by atoms with Crippen molar-refractivity contribution in [1.82, 2.24) is 0 Å². The Morgan fingerprint density at radius 1 is 0.733 bits per heavy atom. The molecule has 0 amide bonds. The van der Waals surface area contributed by atoms with Crippen molar-refractivity contribution in [2.45, 2.75) is 84.0 Å². The van der Waals surface area contributed by atoms with Crippen LogP contribution in [-0.4, -0.2) is 0 Å². The highest BCUT2D eigenvalue weighted by molar-refractivity contribution is 5.94. The number of rotatable bonds is 3. The van der Waals surface area contributed by atoms with Crippen LogP contribution in [0, 0.1) is 20.8 Å². The molecule has 0 spiro atoms. The number of hydrogen-bond donors (Lipinski definition) is 0. The van der Waals surface area contributed by atoms with E-state index in [1.807, 2.05) is 0 Å². The van der Waals surface area contributed by atoms with Crippen molar-refractivity contribution in [2.24, 2.45) is 7.05 Å². The molecule has 2 fully saturated rings. The number of pyridine rings is 1. The van der Waals surface area contributed by atoms with Gasteiger partial charge in [-0.25, -0.2) is 0 Å². The molecule has 1 nitrogen and oxygen atoms in total. The van der Waals surface area contributed by atoms with Crippen LogP contribution in [0.15, 0.2) is 36.4 Å². The molecule has 0 N–H and O–H groups in total. The highest BCUT2D eigenvalue weighted by Crippen LogP contribution is 2.40. The quantitative estimate of drug-likeness (QED) is 0.400. The summed E-state index contributed by atoms with van der Waals surface area (Å²) < 4.78 is 2.41. The minimum Gasteiger partial charge on any atom is -0.198 e. The van der Waals surface area contributed by atoms with Crippen LogP contribution >= 0.6 is 0 Å². The van der Waals surface area contributed by atoms with Crippen molar-refractivity contribution in [3.05, 3.63) is 64.3 Å². The molecule has 0 bridgehead atoms. The summed E-state index contributed by atoms with van der Waals surface area (Å²) in [5.41, 5.74) is 10.1. The molecule has 1 heteroatoms. The Morgan fingerprint density at radius 3 is 2.03 bits per heavy atom. The minimum atomic E-state index is 0.749. The number of fused-ring (bicyclic) bond motifs is 1. The Labute approximate surface area is 182 Å². The van der Waals surface area contributed by atoms with Crippen molar-refractivity contribution < 1.29 is 4.57 Å². The van der Waals surface area contributed by atoms with Gasteiger partial charge < -0.3 is 0 Å². The third kappa shape index (κ3) is 3.37. The van der Waals surface area contributed by atoms with Gasteiger partial charge in [-0.3, -0.25) is 0 Å². The zero-order valence-electron chi connectivity index (χ0n) is 19.2. The summed E-state index contributed by atoms with van der Waals surface area (Å²) in [4.78, 5) is 0. The maximum absolute atomic E-state index is 2.53. The molecular formula is C29H36N+. The average molecular weight is 399 g/mol. The number of aryl methyl sites for hydroxylation is 2. The maximum Gasteiger partial charge on any atom is 0.220 e. The van der Waals surface area contributed by atoms with E-state index in [1.54, 1.807) is 11.1 Å². The Morgan fingerprint density at radius 2 is 1.37 bits per heavy atom. The largest absolute Gasteiger partial charge is 0.220 e. The van der Waals surface area contributed by atoms with Gasteiger partial charge in [-0.2, -0.15) is 4.57 Å². The van der Waals surface area contributed by atoms with E-state index in [-0.39, 0.29) is 0 Å². The molecule has 2 aromatic carbocycles. The molecule has 2 saturated carbocycles. The van der Waals surface area contributed by atoms with Gasteiger partial charge in [0.15, 0.2) is 5.69 Å². The topological polar surface area (TPSA) is 3.88 Å². The lowest BCUT2D eigenvalue weighted by Gasteiger charge is -2.17. The zero-order chi connectivity index (χ0) is 20.8. The van der Waals surface area contributed by atoms with E-state index in [0.717, 1.165) is 11.8 Å². The Kier molecular flexibility index (Phi) is 5.17. The summed E-state index contributed by atoms with van der Waals surface area (Å²) in [6, 6.07) is 14.7. The fourth-order valence-corrected chi connectivity index (χ4v) is 6.06. The maximum atomic E-state index is 2.53. The molecule has 0 saturated heterocycles. The molecule has 2 aliphatic carbocycles. The lowest BCUT2D eigenvalue weighted by molar-refractivity contribution is -0.665. The third-order valence-corrected chi connectivity index (χ3v) is 8.16. The van der Waals surface area contributed by atoms with Crippen molar-refractivity contribution in [3.8, 4) is 11.3 Å². The van der Waals surface area contributed by atoms with Crippen LogP contribution in [0.3, 0.4) is 0 Å². The second-order valence-electron chi connectivity index (χ2n) is 10.0. The minimum absolute atomic E-state index is 0.749. The molecule has 1 aromatic heterocycles. The van der Waals surface area contributed by atoms with Crippen LogP contribution in [0.1, 0.15) is 91.2 Å². The molecule has 0 atom stereocenters. The van der Waals surface area contributed by atoms with E-state index in [0.29, 0.717) is 0 Å². The Hall–Kier alpha value is -2.15. The van der Waals surface area contributed by atoms with Gasteiger partial charge in [0.25, 0.3) is 0 Å². The van der Waals surface area contributed by atoms with E-state index in [9.17, 15) is 0 Å². The van der Waals surface area contributed by atoms with Gasteiger partial charge in [0.05, 0.1) is 10.9 Å². The van der Waals surface area contributed by atoms with Crippen LogP contribution in [0.2, 0.25) is 0 Å². The number of hydrogen-bond acceptors (Lipinski definition) is 0. The summed E-state index contributed by atoms with van der Waals surface area (Å²) in [5.74, 6) is 1.51. The molecule has 0 radical (unpaired) electrons. The van der Waals surface area contributed by atoms with Gasteiger partial charge in [0.1, 0.15) is 7.05 Å². The molecule has 0 aliphatic heterocycles. The number of nitrogens with zero attached hydrogens (tertiary/aromatic N) is 1. The summed E-state index contributed by atoms with van der Waals surface area (Å²) in [6.45, 7) is 6.87. The van der Waals surface area contributed by atoms with Crippen molar-refractivity contribution in [2.75, 3.05) is 0 Å². The highest BCUT2D eigenvalue weighted by atomic mass is 14.9. The first kappa shape index (κ1) is 19.8. The third-order valence-electron chi connectivity index (χ3n) is 8.16. The first-order valence-electron chi connectivity index (χ1n) is 12.1. The number of benzene rings is 2. The monoisotopic (exact) mass is 398 g/mol. The van der Waals surface area contributed by atoms with Crippen LogP contribution in [0.5, 0.6) is 0 Å². The van der Waals surface area contributed by atoms with Crippen LogP contribution in [0.4, 0.5) is 0 Å². The summed E-state index contributed by atoms with van der Waals surface area (Å²) in [7, 11) is 2.24. The predicted molar refractivity (Wildman–Crippen MR) is 127 cm³/mol. The summed E-state index contributed by atoms with van der Waals surface area (Å²) >= 11 is 0. The highest BCUT2D eigenvalue weighted by Gasteiger charge is 2.25. The predicted octanol–water partition coefficient (Wildman–Crippen LogP) is 7.57. The van der Waals surface area contributed by atoms with Gasteiger partial charge in [-0.1, -0.05) is 43.9 Å². The average Bonchev–Trinajstić information content (AvgIpc) is 3.45. The van der Waals surface area contributed by atoms with Crippen molar-refractivity contribution in [3.63, 3.8) is 0 Å². The Balaban J connectivity index is 1.70. The van der Waals surface area contributed by atoms with Gasteiger partial charge in [-0.05, 0) is 91.1 Å². The molecule has 0 unspecified atom stereocenters. The molecule has 2 aliphatic rings. The zero-order valence-corrected chi connectivity index (χ0v) is 19.2. The molecule has 1 heterocycles. The van der Waals surface area contributed by atoms with E-state index in [4.69, 9.17) is 0 Å². The first-order valence-corrected chi connectivity index (χ1v) is 12.1. The first-order chi connectivity index (χ1) is 14.5. The lowest BCUT2D eigenvalue weighted by Crippen LogP contribution is -2.35. The summed E-state index contributed by atoms with van der Waals surface area (Å²) in [6.07, 6.45) is 11.0. The van der Waals surface area contributed by atoms with Gasteiger partial charge in [-0.15, -0.1) is 0 Å². The number of aromatic nitrogens is 1. The van der Waals surface area contributed by atoms with E-state index in [1.165, 1.54) is 90.2 Å². The molecule has 3 aromatic rings. The second-order valence-corrected chi connectivity index (χ2v) is 10.0.